The SMILES string of the molecule is C=C1NC(=C)c2cc(-c3ccc(NCC(C)(C)c4ccc(F)cc4)nn3)ccc2N1. The quantitative estimate of drug-likeness (QED) is 0.553. The van der Waals surface area contributed by atoms with E-state index in [1.807, 2.05) is 42.5 Å². The lowest BCUT2D eigenvalue weighted by molar-refractivity contribution is 0.552. The Morgan fingerprint density at radius 1 is 0.967 bits per heavy atom. The molecule has 0 bridgehead atoms. The zero-order valence-electron chi connectivity index (χ0n) is 17.1. The number of nitrogens with zero attached hydrogens (tertiary/aromatic N) is 2. The summed E-state index contributed by atoms with van der Waals surface area (Å²) in [5, 5.41) is 18.3. The van der Waals surface area contributed by atoms with E-state index in [2.05, 4.69) is 53.2 Å². The van der Waals surface area contributed by atoms with E-state index in [0.29, 0.717) is 18.2 Å². The zero-order valence-corrected chi connectivity index (χ0v) is 17.1. The van der Waals surface area contributed by atoms with E-state index in [0.717, 1.165) is 33.8 Å². The fourth-order valence-electron chi connectivity index (χ4n) is 3.40. The van der Waals surface area contributed by atoms with Crippen molar-refractivity contribution < 1.29 is 4.39 Å². The number of rotatable bonds is 5. The molecule has 3 N–H and O–H groups in total. The van der Waals surface area contributed by atoms with Crippen molar-refractivity contribution in [3.63, 3.8) is 0 Å². The molecule has 30 heavy (non-hydrogen) atoms. The van der Waals surface area contributed by atoms with Crippen LogP contribution in [0.2, 0.25) is 0 Å². The van der Waals surface area contributed by atoms with Gasteiger partial charge in [0.25, 0.3) is 0 Å². The van der Waals surface area contributed by atoms with Crippen molar-refractivity contribution in [3.05, 3.63) is 90.5 Å². The van der Waals surface area contributed by atoms with Gasteiger partial charge in [-0.05, 0) is 42.0 Å². The number of halogens is 1. The second kappa shape index (κ2) is 7.63. The lowest BCUT2D eigenvalue weighted by Crippen LogP contribution is -2.28. The van der Waals surface area contributed by atoms with Crippen molar-refractivity contribution in [2.45, 2.75) is 19.3 Å². The molecule has 152 valence electrons. The Bertz CT molecular complexity index is 1100. The molecule has 0 fully saturated rings. The van der Waals surface area contributed by atoms with Crippen LogP contribution in [0.25, 0.3) is 17.0 Å². The number of nitrogens with one attached hydrogen (secondary N) is 3. The average Bonchev–Trinajstić information content (AvgIpc) is 2.73. The second-order valence-electron chi connectivity index (χ2n) is 8.02. The number of aromatic nitrogens is 2. The van der Waals surface area contributed by atoms with Gasteiger partial charge in [0.2, 0.25) is 0 Å². The highest BCUT2D eigenvalue weighted by Crippen LogP contribution is 2.31. The molecule has 0 unspecified atom stereocenters. The molecule has 0 saturated carbocycles. The lowest BCUT2D eigenvalue weighted by atomic mass is 9.84. The molecule has 3 aromatic rings. The Kier molecular flexibility index (Phi) is 4.99. The van der Waals surface area contributed by atoms with Crippen molar-refractivity contribution in [1.82, 2.24) is 15.5 Å². The second-order valence-corrected chi connectivity index (χ2v) is 8.02. The summed E-state index contributed by atoms with van der Waals surface area (Å²) >= 11 is 0. The molecule has 2 aromatic carbocycles. The molecule has 0 amide bonds. The predicted molar refractivity (Wildman–Crippen MR) is 120 cm³/mol. The van der Waals surface area contributed by atoms with Crippen LogP contribution in [-0.2, 0) is 5.41 Å². The lowest BCUT2D eigenvalue weighted by Gasteiger charge is -2.26. The molecule has 0 saturated heterocycles. The molecular weight excluding hydrogens is 377 g/mol. The summed E-state index contributed by atoms with van der Waals surface area (Å²) in [6, 6.07) is 16.5. The standard InChI is InChI=1S/C24H24FN5/c1-15-20-13-17(5-10-22(20)28-16(2)27-15)21-11-12-23(30-29-21)26-14-24(3,4)18-6-8-19(25)9-7-18/h5-13,27-28H,1-2,14H2,3-4H3,(H,26,30). The summed E-state index contributed by atoms with van der Waals surface area (Å²) in [6.45, 7) is 12.8. The van der Waals surface area contributed by atoms with Crippen LogP contribution in [0.5, 0.6) is 0 Å². The van der Waals surface area contributed by atoms with Gasteiger partial charge in [-0.2, -0.15) is 0 Å². The van der Waals surface area contributed by atoms with E-state index in [1.54, 1.807) is 0 Å². The minimum atomic E-state index is -0.230. The van der Waals surface area contributed by atoms with Gasteiger partial charge in [0.15, 0.2) is 0 Å². The van der Waals surface area contributed by atoms with Crippen molar-refractivity contribution in [3.8, 4) is 11.3 Å². The molecule has 1 aliphatic rings. The minimum absolute atomic E-state index is 0.184. The predicted octanol–water partition coefficient (Wildman–Crippen LogP) is 5.13. The van der Waals surface area contributed by atoms with Gasteiger partial charge in [0, 0.05) is 34.5 Å². The summed E-state index contributed by atoms with van der Waals surface area (Å²) < 4.78 is 13.2. The van der Waals surface area contributed by atoms with Crippen molar-refractivity contribution in [1.29, 1.82) is 0 Å². The van der Waals surface area contributed by atoms with Crippen LogP contribution in [0.4, 0.5) is 15.9 Å². The molecule has 1 aromatic heterocycles. The summed E-state index contributed by atoms with van der Waals surface area (Å²) in [4.78, 5) is 0. The molecule has 5 nitrogen and oxygen atoms in total. The maximum Gasteiger partial charge on any atom is 0.148 e. The fourth-order valence-corrected chi connectivity index (χ4v) is 3.40. The fraction of sp³-hybridized carbons (Fsp3) is 0.167. The molecule has 2 heterocycles. The van der Waals surface area contributed by atoms with Crippen molar-refractivity contribution >= 4 is 17.2 Å². The van der Waals surface area contributed by atoms with Crippen LogP contribution in [-0.4, -0.2) is 16.7 Å². The van der Waals surface area contributed by atoms with Gasteiger partial charge in [0.1, 0.15) is 17.5 Å². The maximum absolute atomic E-state index is 13.2. The van der Waals surface area contributed by atoms with E-state index in [1.165, 1.54) is 12.1 Å². The number of fused-ring (bicyclic) bond motifs is 1. The van der Waals surface area contributed by atoms with Gasteiger partial charge in [-0.3, -0.25) is 0 Å². The Hall–Kier alpha value is -3.67. The van der Waals surface area contributed by atoms with Crippen LogP contribution in [0, 0.1) is 5.82 Å². The van der Waals surface area contributed by atoms with Gasteiger partial charge in [-0.25, -0.2) is 4.39 Å². The highest BCUT2D eigenvalue weighted by atomic mass is 19.1. The Morgan fingerprint density at radius 2 is 1.73 bits per heavy atom. The van der Waals surface area contributed by atoms with E-state index in [4.69, 9.17) is 0 Å². The van der Waals surface area contributed by atoms with E-state index < -0.39 is 0 Å². The van der Waals surface area contributed by atoms with Gasteiger partial charge < -0.3 is 16.0 Å². The van der Waals surface area contributed by atoms with Crippen LogP contribution in [0.3, 0.4) is 0 Å². The molecule has 4 rings (SSSR count). The molecule has 0 radical (unpaired) electrons. The number of hydrogen-bond donors (Lipinski definition) is 3. The third-order valence-electron chi connectivity index (χ3n) is 5.23. The zero-order chi connectivity index (χ0) is 21.3. The number of hydrogen-bond acceptors (Lipinski definition) is 5. The van der Waals surface area contributed by atoms with Gasteiger partial charge in [-0.15, -0.1) is 10.2 Å². The highest BCUT2D eigenvalue weighted by Gasteiger charge is 2.21. The Labute approximate surface area is 175 Å². The van der Waals surface area contributed by atoms with Crippen molar-refractivity contribution in [2.24, 2.45) is 0 Å². The topological polar surface area (TPSA) is 61.9 Å². The smallest absolute Gasteiger partial charge is 0.148 e. The van der Waals surface area contributed by atoms with E-state index >= 15 is 0 Å². The third kappa shape index (κ3) is 4.03. The maximum atomic E-state index is 13.2. The largest absolute Gasteiger partial charge is 0.368 e. The van der Waals surface area contributed by atoms with E-state index in [-0.39, 0.29) is 11.2 Å². The molecule has 6 heteroatoms. The van der Waals surface area contributed by atoms with Crippen molar-refractivity contribution in [2.75, 3.05) is 17.2 Å². The molecule has 0 atom stereocenters. The molecular formula is C24H24FN5. The van der Waals surface area contributed by atoms with Gasteiger partial charge in [-0.1, -0.05) is 45.2 Å². The summed E-state index contributed by atoms with van der Waals surface area (Å²) in [6.07, 6.45) is 0. The van der Waals surface area contributed by atoms with Crippen LogP contribution in [0.1, 0.15) is 25.0 Å². The minimum Gasteiger partial charge on any atom is -0.368 e. The highest BCUT2D eigenvalue weighted by molar-refractivity contribution is 5.82. The van der Waals surface area contributed by atoms with E-state index in [9.17, 15) is 4.39 Å². The first-order valence-electron chi connectivity index (χ1n) is 9.72. The normalized spacial score (nSPS) is 13.3. The number of benzene rings is 2. The summed E-state index contributed by atoms with van der Waals surface area (Å²) in [7, 11) is 0. The first-order chi connectivity index (χ1) is 14.3. The molecule has 0 aliphatic carbocycles. The Balaban J connectivity index is 1.47. The average molecular weight is 401 g/mol. The Morgan fingerprint density at radius 3 is 2.43 bits per heavy atom. The van der Waals surface area contributed by atoms with Crippen LogP contribution in [0.15, 0.2) is 73.6 Å². The van der Waals surface area contributed by atoms with Gasteiger partial charge in [0.05, 0.1) is 5.69 Å². The summed E-state index contributed by atoms with van der Waals surface area (Å²) in [5.41, 5.74) is 5.34. The van der Waals surface area contributed by atoms with Gasteiger partial charge >= 0.3 is 0 Å². The third-order valence-corrected chi connectivity index (χ3v) is 5.23. The monoisotopic (exact) mass is 401 g/mol. The number of anilines is 2. The molecule has 1 aliphatic heterocycles. The first kappa shape index (κ1) is 19.6. The van der Waals surface area contributed by atoms with Crippen LogP contribution >= 0.6 is 0 Å². The summed E-state index contributed by atoms with van der Waals surface area (Å²) in [5.74, 6) is 1.17. The molecule has 0 spiro atoms. The van der Waals surface area contributed by atoms with Crippen LogP contribution < -0.4 is 16.0 Å². The first-order valence-corrected chi connectivity index (χ1v) is 9.72.